The third kappa shape index (κ3) is 7.47. The van der Waals surface area contributed by atoms with Crippen LogP contribution in [0.25, 0.3) is 0 Å². The molecule has 1 unspecified atom stereocenters. The summed E-state index contributed by atoms with van der Waals surface area (Å²) in [6, 6.07) is 6.39. The lowest BCUT2D eigenvalue weighted by Gasteiger charge is -2.20. The Morgan fingerprint density at radius 1 is 0.914 bits per heavy atom. The van der Waals surface area contributed by atoms with Crippen LogP contribution in [0.1, 0.15) is 34.6 Å². The lowest BCUT2D eigenvalue weighted by Crippen LogP contribution is -2.36. The number of hydrogen-bond donors (Lipinski definition) is 0. The summed E-state index contributed by atoms with van der Waals surface area (Å²) in [5.41, 5.74) is 0.443. The number of rotatable bonds is 13. The quantitative estimate of drug-likeness (QED) is 0.176. The van der Waals surface area contributed by atoms with Crippen LogP contribution in [0, 0.1) is 0 Å². The van der Waals surface area contributed by atoms with E-state index in [0.29, 0.717) is 54.4 Å². The molecule has 2 rings (SSSR count). The van der Waals surface area contributed by atoms with Crippen LogP contribution in [0.2, 0.25) is 5.02 Å². The Balaban J connectivity index is 2.42. The highest BCUT2D eigenvalue weighted by Crippen LogP contribution is 2.41. The van der Waals surface area contributed by atoms with Crippen molar-refractivity contribution in [2.75, 3.05) is 30.8 Å². The van der Waals surface area contributed by atoms with Crippen LogP contribution >= 0.6 is 23.4 Å². The molecule has 0 aliphatic rings. The van der Waals surface area contributed by atoms with Crippen LogP contribution < -0.4 is 23.4 Å². The van der Waals surface area contributed by atoms with Crippen molar-refractivity contribution in [2.24, 2.45) is 10.2 Å². The number of carbonyl (C=O) groups is 2. The van der Waals surface area contributed by atoms with Crippen molar-refractivity contribution in [3.63, 3.8) is 0 Å². The maximum atomic E-state index is 13.2. The summed E-state index contributed by atoms with van der Waals surface area (Å²) >= 11 is 12.6. The second kappa shape index (κ2) is 13.7. The molecule has 1 amide bonds. The predicted molar refractivity (Wildman–Crippen MR) is 135 cm³/mol. The Morgan fingerprint density at radius 2 is 1.54 bits per heavy atom. The average Bonchev–Trinajstić information content (AvgIpc) is 2.81. The Bertz CT molecular complexity index is 1060. The van der Waals surface area contributed by atoms with Gasteiger partial charge in [-0.1, -0.05) is 11.6 Å². The van der Waals surface area contributed by atoms with Crippen molar-refractivity contribution in [3.05, 3.63) is 35.4 Å². The van der Waals surface area contributed by atoms with Gasteiger partial charge >= 0.3 is 0 Å². The van der Waals surface area contributed by atoms with E-state index in [0.717, 1.165) is 4.42 Å². The molecule has 0 radical (unpaired) electrons. The van der Waals surface area contributed by atoms with Gasteiger partial charge in [0, 0.05) is 28.9 Å². The number of hydrogen-bond acceptors (Lipinski definition) is 8. The number of ketones is 1. The number of amides is 1. The van der Waals surface area contributed by atoms with E-state index >= 15 is 0 Å². The van der Waals surface area contributed by atoms with E-state index in [4.69, 9.17) is 42.3 Å². The summed E-state index contributed by atoms with van der Waals surface area (Å²) in [6.07, 6.45) is 0. The minimum absolute atomic E-state index is 0.207. The topological polar surface area (TPSA) is 99.0 Å². The Labute approximate surface area is 215 Å². The molecule has 0 N–H and O–H groups in total. The standard InChI is InChI=1S/C24H29Cl2N3O6/c1-6-32-17-10-11-19(20(14-17)33-7-2)29(26)24(31)22(15(5)30)28-27-18-12-16(25)13-21(34-8-3)23(18)35-9-4/h10-14,22H,6-9H2,1-5H3. The number of benzene rings is 2. The highest BCUT2D eigenvalue weighted by atomic mass is 35.5. The van der Waals surface area contributed by atoms with Gasteiger partial charge in [0.05, 0.1) is 26.4 Å². The van der Waals surface area contributed by atoms with Gasteiger partial charge in [-0.15, -0.1) is 0 Å². The molecule has 0 aliphatic heterocycles. The number of carbonyl (C=O) groups excluding carboxylic acids is 2. The summed E-state index contributed by atoms with van der Waals surface area (Å²) in [5, 5.41) is 8.42. The van der Waals surface area contributed by atoms with E-state index in [-0.39, 0.29) is 11.4 Å². The fourth-order valence-electron chi connectivity index (χ4n) is 3.02. The first-order valence-electron chi connectivity index (χ1n) is 11.2. The Morgan fingerprint density at radius 3 is 2.14 bits per heavy atom. The van der Waals surface area contributed by atoms with Gasteiger partial charge in [-0.25, -0.2) is 4.42 Å². The van der Waals surface area contributed by atoms with Crippen molar-refractivity contribution in [3.8, 4) is 23.0 Å². The zero-order valence-electron chi connectivity index (χ0n) is 20.3. The summed E-state index contributed by atoms with van der Waals surface area (Å²) in [4.78, 5) is 25.5. The van der Waals surface area contributed by atoms with Crippen LogP contribution in [-0.2, 0) is 9.59 Å². The van der Waals surface area contributed by atoms with E-state index < -0.39 is 17.7 Å². The number of nitrogens with zero attached hydrogens (tertiary/aromatic N) is 3. The number of anilines is 1. The van der Waals surface area contributed by atoms with E-state index in [2.05, 4.69) is 10.2 Å². The maximum absolute atomic E-state index is 13.2. The van der Waals surface area contributed by atoms with E-state index in [1.165, 1.54) is 13.0 Å². The number of ether oxygens (including phenoxy) is 4. The number of halogens is 2. The van der Waals surface area contributed by atoms with Crippen LogP contribution in [-0.4, -0.2) is 44.2 Å². The first-order valence-corrected chi connectivity index (χ1v) is 11.9. The first-order chi connectivity index (χ1) is 16.8. The molecule has 0 spiro atoms. The summed E-state index contributed by atoms with van der Waals surface area (Å²) < 4.78 is 23.1. The van der Waals surface area contributed by atoms with E-state index in [1.54, 1.807) is 38.1 Å². The number of azo groups is 1. The third-order valence-corrected chi connectivity index (χ3v) is 5.00. The van der Waals surface area contributed by atoms with Gasteiger partial charge < -0.3 is 18.9 Å². The first kappa shape index (κ1) is 28.2. The molecule has 0 fully saturated rings. The molecule has 0 aliphatic carbocycles. The molecule has 0 saturated heterocycles. The van der Waals surface area contributed by atoms with Gasteiger partial charge in [-0.2, -0.15) is 10.2 Å². The molecule has 35 heavy (non-hydrogen) atoms. The van der Waals surface area contributed by atoms with Gasteiger partial charge in [0.1, 0.15) is 22.9 Å². The Hall–Kier alpha value is -3.04. The normalized spacial score (nSPS) is 11.7. The molecule has 1 atom stereocenters. The van der Waals surface area contributed by atoms with Crippen LogP contribution in [0.5, 0.6) is 23.0 Å². The molecule has 2 aromatic carbocycles. The highest BCUT2D eigenvalue weighted by Gasteiger charge is 2.31. The fraction of sp³-hybridized carbons (Fsp3) is 0.417. The second-order valence-electron chi connectivity index (χ2n) is 6.96. The van der Waals surface area contributed by atoms with Crippen LogP contribution in [0.4, 0.5) is 11.4 Å². The fourth-order valence-corrected chi connectivity index (χ4v) is 3.45. The molecule has 0 aromatic heterocycles. The highest BCUT2D eigenvalue weighted by molar-refractivity contribution is 6.39. The summed E-state index contributed by atoms with van der Waals surface area (Å²) in [6.45, 7) is 9.96. The van der Waals surface area contributed by atoms with Crippen LogP contribution in [0.3, 0.4) is 0 Å². The molecule has 9 nitrogen and oxygen atoms in total. The minimum atomic E-state index is -1.52. The van der Waals surface area contributed by atoms with Gasteiger partial charge in [0.25, 0.3) is 5.91 Å². The van der Waals surface area contributed by atoms with Gasteiger partial charge in [-0.3, -0.25) is 9.59 Å². The number of Topliss-reactive ketones (excluding diaryl/α,β-unsaturated/α-hetero) is 1. The smallest absolute Gasteiger partial charge is 0.276 e. The molecule has 0 bridgehead atoms. The minimum Gasteiger partial charge on any atom is -0.494 e. The largest absolute Gasteiger partial charge is 0.494 e. The molecule has 0 saturated carbocycles. The molecule has 190 valence electrons. The van der Waals surface area contributed by atoms with Crippen molar-refractivity contribution < 1.29 is 28.5 Å². The van der Waals surface area contributed by atoms with Gasteiger partial charge in [-0.05, 0) is 52.8 Å². The molecular formula is C24H29Cl2N3O6. The lowest BCUT2D eigenvalue weighted by molar-refractivity contribution is -0.126. The predicted octanol–water partition coefficient (Wildman–Crippen LogP) is 6.16. The van der Waals surface area contributed by atoms with Crippen molar-refractivity contribution in [1.82, 2.24) is 0 Å². The lowest BCUT2D eigenvalue weighted by atomic mass is 10.2. The summed E-state index contributed by atoms with van der Waals surface area (Å²) in [5.74, 6) is 0.170. The molecule has 2 aromatic rings. The van der Waals surface area contributed by atoms with E-state index in [1.807, 2.05) is 13.8 Å². The van der Waals surface area contributed by atoms with E-state index in [9.17, 15) is 9.59 Å². The summed E-state index contributed by atoms with van der Waals surface area (Å²) in [7, 11) is 0. The van der Waals surface area contributed by atoms with Gasteiger partial charge in [0.15, 0.2) is 17.3 Å². The molecular weight excluding hydrogens is 497 g/mol. The Kier molecular flexibility index (Phi) is 11.1. The monoisotopic (exact) mass is 525 g/mol. The average molecular weight is 526 g/mol. The maximum Gasteiger partial charge on any atom is 0.276 e. The molecule has 11 heteroatoms. The van der Waals surface area contributed by atoms with Crippen molar-refractivity contribution in [1.29, 1.82) is 0 Å². The van der Waals surface area contributed by atoms with Gasteiger partial charge in [0.2, 0.25) is 6.04 Å². The van der Waals surface area contributed by atoms with Crippen molar-refractivity contribution in [2.45, 2.75) is 40.7 Å². The van der Waals surface area contributed by atoms with Crippen molar-refractivity contribution >= 4 is 46.4 Å². The second-order valence-corrected chi connectivity index (χ2v) is 7.74. The SMILES string of the molecule is CCOc1ccc(N(Cl)C(=O)C(N=Nc2cc(Cl)cc(OCC)c2OCC)C(C)=O)c(OCC)c1. The van der Waals surface area contributed by atoms with Crippen LogP contribution in [0.15, 0.2) is 40.6 Å². The zero-order chi connectivity index (χ0) is 26.0. The zero-order valence-corrected chi connectivity index (χ0v) is 21.9. The molecule has 0 heterocycles. The third-order valence-electron chi connectivity index (χ3n) is 4.44.